The van der Waals surface area contributed by atoms with E-state index in [1.165, 1.54) is 6.92 Å². The Kier molecular flexibility index (Phi) is 2.02. The highest BCUT2D eigenvalue weighted by Crippen LogP contribution is 2.18. The lowest BCUT2D eigenvalue weighted by Crippen LogP contribution is -2.29. The van der Waals surface area contributed by atoms with E-state index >= 15 is 0 Å². The van der Waals surface area contributed by atoms with Crippen molar-refractivity contribution >= 4 is 11.7 Å². The lowest BCUT2D eigenvalue weighted by atomic mass is 10.2. The van der Waals surface area contributed by atoms with Crippen molar-refractivity contribution < 1.29 is 9.53 Å². The van der Waals surface area contributed by atoms with Gasteiger partial charge in [-0.15, -0.1) is 0 Å². The molecule has 5 nitrogen and oxygen atoms in total. The molecule has 0 radical (unpaired) electrons. The third kappa shape index (κ3) is 1.70. The van der Waals surface area contributed by atoms with E-state index < -0.39 is 0 Å². The van der Waals surface area contributed by atoms with Gasteiger partial charge < -0.3 is 14.6 Å². The van der Waals surface area contributed by atoms with Gasteiger partial charge in [-0.3, -0.25) is 4.79 Å². The van der Waals surface area contributed by atoms with E-state index in [1.807, 2.05) is 10.8 Å². The second-order valence-corrected chi connectivity index (χ2v) is 3.08. The maximum atomic E-state index is 10.7. The Hall–Kier alpha value is -1.36. The molecule has 1 aromatic heterocycles. The molecule has 1 saturated heterocycles. The fourth-order valence-electron chi connectivity index (χ4n) is 1.18. The van der Waals surface area contributed by atoms with E-state index in [1.54, 1.807) is 6.33 Å². The highest BCUT2D eigenvalue weighted by atomic mass is 16.5. The van der Waals surface area contributed by atoms with Crippen molar-refractivity contribution in [2.45, 2.75) is 13.0 Å². The number of hydrogen-bond acceptors (Lipinski definition) is 3. The molecule has 0 spiro atoms. The lowest BCUT2D eigenvalue weighted by molar-refractivity contribution is -0.114. The third-order valence-electron chi connectivity index (χ3n) is 1.95. The normalized spacial score (nSPS) is 16.7. The van der Waals surface area contributed by atoms with E-state index in [4.69, 9.17) is 4.74 Å². The van der Waals surface area contributed by atoms with Gasteiger partial charge in [0.1, 0.15) is 0 Å². The van der Waals surface area contributed by atoms with Crippen LogP contribution in [0.15, 0.2) is 12.5 Å². The number of nitrogens with zero attached hydrogens (tertiary/aromatic N) is 2. The number of nitrogens with one attached hydrogen (secondary N) is 1. The van der Waals surface area contributed by atoms with Gasteiger partial charge in [0.2, 0.25) is 5.91 Å². The third-order valence-corrected chi connectivity index (χ3v) is 1.95. The van der Waals surface area contributed by atoms with Crippen molar-refractivity contribution in [3.8, 4) is 0 Å². The van der Waals surface area contributed by atoms with Crippen LogP contribution in [0.25, 0.3) is 0 Å². The van der Waals surface area contributed by atoms with Crippen LogP contribution in [-0.2, 0) is 9.53 Å². The predicted molar refractivity (Wildman–Crippen MR) is 46.4 cm³/mol. The van der Waals surface area contributed by atoms with Gasteiger partial charge in [0.05, 0.1) is 25.6 Å². The molecule has 1 fully saturated rings. The first kappa shape index (κ1) is 8.25. The topological polar surface area (TPSA) is 56.2 Å². The highest BCUT2D eigenvalue weighted by Gasteiger charge is 2.20. The average Bonchev–Trinajstić information content (AvgIpc) is 2.31. The summed E-state index contributed by atoms with van der Waals surface area (Å²) in [5.74, 6) is 0.495. The number of amides is 1. The molecule has 1 N–H and O–H groups in total. The van der Waals surface area contributed by atoms with E-state index in [2.05, 4.69) is 10.3 Å². The van der Waals surface area contributed by atoms with Crippen LogP contribution in [0.3, 0.4) is 0 Å². The molecule has 70 valence electrons. The van der Waals surface area contributed by atoms with Crippen LogP contribution in [0.1, 0.15) is 13.0 Å². The number of carbonyl (C=O) groups excluding carboxylic acids is 1. The molecule has 1 aliphatic rings. The summed E-state index contributed by atoms with van der Waals surface area (Å²) in [7, 11) is 0. The van der Waals surface area contributed by atoms with Gasteiger partial charge in [0.15, 0.2) is 5.82 Å². The largest absolute Gasteiger partial charge is 0.377 e. The van der Waals surface area contributed by atoms with Gasteiger partial charge in [-0.2, -0.15) is 0 Å². The van der Waals surface area contributed by atoms with Gasteiger partial charge in [-0.1, -0.05) is 0 Å². The molecule has 2 heterocycles. The number of imidazole rings is 1. The highest BCUT2D eigenvalue weighted by molar-refractivity contribution is 5.87. The van der Waals surface area contributed by atoms with Crippen LogP contribution in [-0.4, -0.2) is 28.7 Å². The minimum atomic E-state index is -0.102. The van der Waals surface area contributed by atoms with Gasteiger partial charge in [-0.05, 0) is 0 Å². The minimum Gasteiger partial charge on any atom is -0.377 e. The Balaban J connectivity index is 2.04. The molecule has 2 rings (SSSR count). The van der Waals surface area contributed by atoms with Gasteiger partial charge in [0.25, 0.3) is 0 Å². The molecule has 5 heteroatoms. The minimum absolute atomic E-state index is 0.102. The van der Waals surface area contributed by atoms with Crippen LogP contribution in [0.4, 0.5) is 5.82 Å². The summed E-state index contributed by atoms with van der Waals surface area (Å²) < 4.78 is 7.00. The number of anilines is 1. The van der Waals surface area contributed by atoms with Gasteiger partial charge in [-0.25, -0.2) is 4.98 Å². The summed E-state index contributed by atoms with van der Waals surface area (Å²) in [6.45, 7) is 2.93. The number of aromatic nitrogens is 2. The number of rotatable bonds is 2. The summed E-state index contributed by atoms with van der Waals surface area (Å²) in [6, 6.07) is 0.384. The Bertz CT molecular complexity index is 317. The average molecular weight is 181 g/mol. The first-order valence-electron chi connectivity index (χ1n) is 4.14. The summed E-state index contributed by atoms with van der Waals surface area (Å²) >= 11 is 0. The summed E-state index contributed by atoms with van der Waals surface area (Å²) in [6.07, 6.45) is 3.52. The van der Waals surface area contributed by atoms with Crippen molar-refractivity contribution in [1.29, 1.82) is 0 Å². The monoisotopic (exact) mass is 181 g/mol. The fraction of sp³-hybridized carbons (Fsp3) is 0.500. The summed E-state index contributed by atoms with van der Waals surface area (Å²) in [4.78, 5) is 14.7. The molecule has 0 bridgehead atoms. The molecule has 0 unspecified atom stereocenters. The Morgan fingerprint density at radius 2 is 2.54 bits per heavy atom. The molecule has 0 aliphatic carbocycles. The van der Waals surface area contributed by atoms with Crippen LogP contribution in [0.5, 0.6) is 0 Å². The quantitative estimate of drug-likeness (QED) is 0.719. The molecule has 0 atom stereocenters. The molecule has 1 amide bonds. The molecule has 0 aromatic carbocycles. The van der Waals surface area contributed by atoms with E-state index in [0.29, 0.717) is 11.9 Å². The van der Waals surface area contributed by atoms with Crippen molar-refractivity contribution in [2.75, 3.05) is 18.5 Å². The number of ether oxygens (including phenoxy) is 1. The second-order valence-electron chi connectivity index (χ2n) is 3.08. The second kappa shape index (κ2) is 3.18. The SMILES string of the molecule is CC(=O)Nc1cn(C2COC2)cn1. The first-order chi connectivity index (χ1) is 6.25. The van der Waals surface area contributed by atoms with Crippen molar-refractivity contribution in [2.24, 2.45) is 0 Å². The lowest BCUT2D eigenvalue weighted by Gasteiger charge is -2.26. The van der Waals surface area contributed by atoms with Crippen molar-refractivity contribution in [1.82, 2.24) is 9.55 Å². The molecule has 1 aromatic rings. The standard InChI is InChI=1S/C8H11N3O2/c1-6(12)10-8-2-11(5-9-8)7-3-13-4-7/h2,5,7H,3-4H2,1H3,(H,10,12). The molecular weight excluding hydrogens is 170 g/mol. The van der Waals surface area contributed by atoms with Crippen LogP contribution in [0.2, 0.25) is 0 Å². The molecule has 1 aliphatic heterocycles. The Labute approximate surface area is 75.7 Å². The summed E-state index contributed by atoms with van der Waals surface area (Å²) in [5, 5.41) is 2.62. The Morgan fingerprint density at radius 3 is 3.08 bits per heavy atom. The van der Waals surface area contributed by atoms with Crippen molar-refractivity contribution in [3.63, 3.8) is 0 Å². The predicted octanol–water partition coefficient (Wildman–Crippen LogP) is 0.413. The van der Waals surface area contributed by atoms with Gasteiger partial charge in [0, 0.05) is 13.1 Å². The van der Waals surface area contributed by atoms with Crippen LogP contribution < -0.4 is 5.32 Å². The maximum Gasteiger partial charge on any atom is 0.222 e. The molecular formula is C8H11N3O2. The van der Waals surface area contributed by atoms with Crippen LogP contribution >= 0.6 is 0 Å². The van der Waals surface area contributed by atoms with Crippen molar-refractivity contribution in [3.05, 3.63) is 12.5 Å². The zero-order valence-corrected chi connectivity index (χ0v) is 7.36. The zero-order valence-electron chi connectivity index (χ0n) is 7.36. The van der Waals surface area contributed by atoms with E-state index in [0.717, 1.165) is 13.2 Å². The van der Waals surface area contributed by atoms with E-state index in [-0.39, 0.29) is 5.91 Å². The fourth-order valence-corrected chi connectivity index (χ4v) is 1.18. The molecule has 0 saturated carbocycles. The number of carbonyl (C=O) groups is 1. The van der Waals surface area contributed by atoms with Crippen LogP contribution in [0, 0.1) is 0 Å². The zero-order chi connectivity index (χ0) is 9.26. The summed E-state index contributed by atoms with van der Waals surface area (Å²) in [5.41, 5.74) is 0. The molecule has 13 heavy (non-hydrogen) atoms. The Morgan fingerprint density at radius 1 is 1.77 bits per heavy atom. The first-order valence-corrected chi connectivity index (χ1v) is 4.14. The number of hydrogen-bond donors (Lipinski definition) is 1. The van der Waals surface area contributed by atoms with E-state index in [9.17, 15) is 4.79 Å². The smallest absolute Gasteiger partial charge is 0.222 e. The van der Waals surface area contributed by atoms with Gasteiger partial charge >= 0.3 is 0 Å². The maximum absolute atomic E-state index is 10.7.